The Hall–Kier alpha value is -1.86. The first kappa shape index (κ1) is 17.2. The lowest BCUT2D eigenvalue weighted by Gasteiger charge is -2.07. The summed E-state index contributed by atoms with van der Waals surface area (Å²) in [6, 6.07) is 4.95. The van der Waals surface area contributed by atoms with Gasteiger partial charge in [0.2, 0.25) is 0 Å². The monoisotopic (exact) mass is 331 g/mol. The van der Waals surface area contributed by atoms with E-state index in [2.05, 4.69) is 20.6 Å². The topological polar surface area (TPSA) is 91.9 Å². The number of hydrogen-bond acceptors (Lipinski definition) is 6. The van der Waals surface area contributed by atoms with Crippen LogP contribution in [0.2, 0.25) is 0 Å². The van der Waals surface area contributed by atoms with Gasteiger partial charge in [-0.05, 0) is 6.07 Å². The summed E-state index contributed by atoms with van der Waals surface area (Å²) >= 11 is 0. The van der Waals surface area contributed by atoms with E-state index in [-0.39, 0.29) is 30.5 Å². The summed E-state index contributed by atoms with van der Waals surface area (Å²) in [7, 11) is 0. The van der Waals surface area contributed by atoms with Crippen LogP contribution in [0, 0.1) is 10.1 Å². The van der Waals surface area contributed by atoms with Gasteiger partial charge in [-0.1, -0.05) is 0 Å². The number of amidine groups is 2. The normalized spacial score (nSPS) is 15.8. The fourth-order valence-electron chi connectivity index (χ4n) is 2.17. The largest absolute Gasteiger partial charge is 0.368 e. The molecule has 0 unspecified atom stereocenters. The third-order valence-corrected chi connectivity index (χ3v) is 3.02. The molecule has 9 heteroatoms. The summed E-state index contributed by atoms with van der Waals surface area (Å²) < 4.78 is 0. The highest BCUT2D eigenvalue weighted by Crippen LogP contribution is 2.19. The van der Waals surface area contributed by atoms with Crippen LogP contribution in [0.4, 0.5) is 5.69 Å². The Morgan fingerprint density at radius 1 is 0.952 bits per heavy atom. The quantitative estimate of drug-likeness (QED) is 0.641. The van der Waals surface area contributed by atoms with Gasteiger partial charge in [-0.3, -0.25) is 20.1 Å². The van der Waals surface area contributed by atoms with Crippen LogP contribution in [0.25, 0.3) is 0 Å². The van der Waals surface area contributed by atoms with Gasteiger partial charge < -0.3 is 10.6 Å². The van der Waals surface area contributed by atoms with E-state index in [0.29, 0.717) is 24.8 Å². The van der Waals surface area contributed by atoms with E-state index < -0.39 is 4.92 Å². The van der Waals surface area contributed by atoms with Gasteiger partial charge in [0, 0.05) is 36.3 Å². The van der Waals surface area contributed by atoms with Crippen LogP contribution in [0.5, 0.6) is 0 Å². The molecule has 7 nitrogen and oxygen atoms in total. The number of nitro groups is 1. The first-order valence-electron chi connectivity index (χ1n) is 6.11. The second kappa shape index (κ2) is 7.24. The molecule has 1 aromatic carbocycles. The molecule has 0 aromatic heterocycles. The highest BCUT2D eigenvalue weighted by Gasteiger charge is 2.18. The summed E-state index contributed by atoms with van der Waals surface area (Å²) in [6.07, 6.45) is 0. The lowest BCUT2D eigenvalue weighted by molar-refractivity contribution is -0.384. The Morgan fingerprint density at radius 3 is 1.76 bits per heavy atom. The Morgan fingerprint density at radius 2 is 1.43 bits per heavy atom. The van der Waals surface area contributed by atoms with Gasteiger partial charge in [0.25, 0.3) is 5.69 Å². The minimum Gasteiger partial charge on any atom is -0.368 e. The Balaban J connectivity index is 0.00000110. The fourth-order valence-corrected chi connectivity index (χ4v) is 2.17. The highest BCUT2D eigenvalue weighted by atomic mass is 35.5. The summed E-state index contributed by atoms with van der Waals surface area (Å²) in [5.41, 5.74) is 1.52. The number of aliphatic imine (C=N–C) groups is 2. The van der Waals surface area contributed by atoms with Crippen molar-refractivity contribution in [3.05, 3.63) is 39.4 Å². The van der Waals surface area contributed by atoms with Gasteiger partial charge in [0.15, 0.2) is 0 Å². The van der Waals surface area contributed by atoms with Crippen LogP contribution in [-0.4, -0.2) is 42.8 Å². The number of nitrogens with one attached hydrogen (secondary N) is 2. The Labute approximate surface area is 133 Å². The standard InChI is InChI=1S/C12H13N5O2.2ClH/c18-17(19)10-6-8(11-13-1-2-14-11)5-9(7-10)12-15-3-4-16-12;;/h5-7H,1-4H2,(H,13,14)(H,15,16);2*1H. The summed E-state index contributed by atoms with van der Waals surface area (Å²) in [5.74, 6) is 1.42. The van der Waals surface area contributed by atoms with Crippen molar-refractivity contribution in [1.82, 2.24) is 10.6 Å². The molecule has 0 atom stereocenters. The van der Waals surface area contributed by atoms with E-state index in [1.807, 2.05) is 6.07 Å². The van der Waals surface area contributed by atoms with Gasteiger partial charge in [-0.25, -0.2) is 0 Å². The molecular formula is C12H15Cl2N5O2. The maximum Gasteiger partial charge on any atom is 0.270 e. The van der Waals surface area contributed by atoms with Crippen molar-refractivity contribution in [2.45, 2.75) is 0 Å². The number of rotatable bonds is 3. The third kappa shape index (κ3) is 3.62. The highest BCUT2D eigenvalue weighted by molar-refractivity contribution is 6.05. The maximum atomic E-state index is 11.0. The van der Waals surface area contributed by atoms with Gasteiger partial charge >= 0.3 is 0 Å². The number of nitrogens with zero attached hydrogens (tertiary/aromatic N) is 3. The first-order valence-corrected chi connectivity index (χ1v) is 6.11. The molecule has 0 amide bonds. The minimum atomic E-state index is -0.391. The van der Waals surface area contributed by atoms with Crippen LogP contribution in [0.1, 0.15) is 11.1 Å². The molecule has 21 heavy (non-hydrogen) atoms. The second-order valence-electron chi connectivity index (χ2n) is 4.34. The van der Waals surface area contributed by atoms with Crippen LogP contribution < -0.4 is 10.6 Å². The summed E-state index contributed by atoms with van der Waals surface area (Å²) in [4.78, 5) is 19.2. The van der Waals surface area contributed by atoms with E-state index in [4.69, 9.17) is 0 Å². The zero-order chi connectivity index (χ0) is 13.2. The van der Waals surface area contributed by atoms with Crippen LogP contribution in [-0.2, 0) is 0 Å². The van der Waals surface area contributed by atoms with Crippen LogP contribution >= 0.6 is 24.8 Å². The van der Waals surface area contributed by atoms with E-state index in [9.17, 15) is 10.1 Å². The molecule has 1 aromatic rings. The molecule has 3 rings (SSSR count). The molecule has 0 radical (unpaired) electrons. The van der Waals surface area contributed by atoms with Gasteiger partial charge in [-0.2, -0.15) is 0 Å². The van der Waals surface area contributed by atoms with Crippen molar-refractivity contribution in [3.63, 3.8) is 0 Å². The lowest BCUT2D eigenvalue weighted by atomic mass is 10.1. The Kier molecular flexibility index (Phi) is 5.92. The van der Waals surface area contributed by atoms with Crippen molar-refractivity contribution < 1.29 is 4.92 Å². The van der Waals surface area contributed by atoms with Crippen LogP contribution in [0.15, 0.2) is 28.2 Å². The van der Waals surface area contributed by atoms with Gasteiger partial charge in [0.1, 0.15) is 11.7 Å². The molecule has 0 bridgehead atoms. The predicted octanol–water partition coefficient (Wildman–Crippen LogP) is 1.14. The van der Waals surface area contributed by atoms with Crippen molar-refractivity contribution in [2.75, 3.05) is 26.2 Å². The van der Waals surface area contributed by atoms with Crippen molar-refractivity contribution in [2.24, 2.45) is 9.98 Å². The maximum absolute atomic E-state index is 11.0. The molecular weight excluding hydrogens is 317 g/mol. The molecule has 2 N–H and O–H groups in total. The predicted molar refractivity (Wildman–Crippen MR) is 86.4 cm³/mol. The average molecular weight is 332 g/mol. The number of halogens is 2. The number of nitro benzene ring substituents is 1. The van der Waals surface area contributed by atoms with Gasteiger partial charge in [-0.15, -0.1) is 24.8 Å². The molecule has 2 aliphatic heterocycles. The third-order valence-electron chi connectivity index (χ3n) is 3.02. The van der Waals surface area contributed by atoms with E-state index >= 15 is 0 Å². The number of benzene rings is 1. The first-order chi connectivity index (χ1) is 9.24. The van der Waals surface area contributed by atoms with Crippen molar-refractivity contribution >= 4 is 42.2 Å². The minimum absolute atomic E-state index is 0. The summed E-state index contributed by atoms with van der Waals surface area (Å²) in [6.45, 7) is 2.94. The molecule has 2 heterocycles. The lowest BCUT2D eigenvalue weighted by Crippen LogP contribution is -2.22. The SMILES string of the molecule is Cl.Cl.O=[N+]([O-])c1cc(C2=NCCN2)cc(C2=NCCN2)c1. The zero-order valence-corrected chi connectivity index (χ0v) is 12.7. The van der Waals surface area contributed by atoms with E-state index in [0.717, 1.165) is 24.2 Å². The molecule has 2 aliphatic rings. The molecule has 0 saturated carbocycles. The van der Waals surface area contributed by atoms with E-state index in [1.165, 1.54) is 12.1 Å². The van der Waals surface area contributed by atoms with Crippen molar-refractivity contribution in [3.8, 4) is 0 Å². The average Bonchev–Trinajstić information content (AvgIpc) is 3.11. The molecule has 0 saturated heterocycles. The van der Waals surface area contributed by atoms with Crippen molar-refractivity contribution in [1.29, 1.82) is 0 Å². The number of hydrogen-bond donors (Lipinski definition) is 2. The molecule has 0 aliphatic carbocycles. The van der Waals surface area contributed by atoms with E-state index in [1.54, 1.807) is 0 Å². The fraction of sp³-hybridized carbons (Fsp3) is 0.333. The molecule has 0 spiro atoms. The van der Waals surface area contributed by atoms with Gasteiger partial charge in [0.05, 0.1) is 18.0 Å². The zero-order valence-electron chi connectivity index (χ0n) is 11.0. The second-order valence-corrected chi connectivity index (χ2v) is 4.34. The molecule has 0 fully saturated rings. The Bertz CT molecular complexity index is 561. The number of non-ortho nitro benzene ring substituents is 1. The van der Waals surface area contributed by atoms with Crippen LogP contribution in [0.3, 0.4) is 0 Å². The smallest absolute Gasteiger partial charge is 0.270 e. The summed E-state index contributed by atoms with van der Waals surface area (Å²) in [5, 5.41) is 17.3. The molecule has 114 valence electrons.